The molecule has 0 aromatic heterocycles. The smallest absolute Gasteiger partial charge is 0.163 e. The molecule has 3 nitrogen and oxygen atoms in total. The summed E-state index contributed by atoms with van der Waals surface area (Å²) >= 11 is 0. The zero-order valence-corrected chi connectivity index (χ0v) is 12.1. The van der Waals surface area contributed by atoms with Crippen LogP contribution in [-0.4, -0.2) is 36.9 Å². The quantitative estimate of drug-likeness (QED) is 0.772. The van der Waals surface area contributed by atoms with Crippen molar-refractivity contribution in [1.82, 2.24) is 4.90 Å². The number of benzene rings is 1. The summed E-state index contributed by atoms with van der Waals surface area (Å²) in [6.07, 6.45) is 6.70. The first-order chi connectivity index (χ1) is 9.83. The van der Waals surface area contributed by atoms with E-state index in [1.165, 1.54) is 32.4 Å². The third-order valence-corrected chi connectivity index (χ3v) is 4.33. The van der Waals surface area contributed by atoms with Crippen LogP contribution in [0, 0.1) is 0 Å². The van der Waals surface area contributed by atoms with Crippen LogP contribution in [0.3, 0.4) is 0 Å². The Morgan fingerprint density at radius 1 is 1.10 bits per heavy atom. The summed E-state index contributed by atoms with van der Waals surface area (Å²) in [6, 6.07) is 5.90. The number of carbonyl (C=O) groups excluding carboxylic acids is 1. The van der Waals surface area contributed by atoms with E-state index < -0.39 is 0 Å². The van der Waals surface area contributed by atoms with Crippen LogP contribution in [-0.2, 0) is 6.42 Å². The molecule has 0 amide bonds. The van der Waals surface area contributed by atoms with Crippen molar-refractivity contribution >= 4 is 5.78 Å². The molecule has 0 N–H and O–H groups in total. The van der Waals surface area contributed by atoms with Crippen molar-refractivity contribution in [2.45, 2.75) is 38.5 Å². The summed E-state index contributed by atoms with van der Waals surface area (Å²) in [7, 11) is 0. The minimum absolute atomic E-state index is 0.275. The molecule has 1 saturated heterocycles. The van der Waals surface area contributed by atoms with Gasteiger partial charge in [0, 0.05) is 18.5 Å². The van der Waals surface area contributed by atoms with E-state index in [2.05, 4.69) is 4.90 Å². The number of ketones is 1. The van der Waals surface area contributed by atoms with Crippen LogP contribution < -0.4 is 4.74 Å². The Labute approximate surface area is 120 Å². The highest BCUT2D eigenvalue weighted by Crippen LogP contribution is 2.26. The van der Waals surface area contributed by atoms with E-state index in [0.717, 1.165) is 42.9 Å². The molecule has 3 heteroatoms. The van der Waals surface area contributed by atoms with Gasteiger partial charge in [-0.3, -0.25) is 4.79 Å². The van der Waals surface area contributed by atoms with Crippen molar-refractivity contribution < 1.29 is 9.53 Å². The normalized spacial score (nSPS) is 19.1. The van der Waals surface area contributed by atoms with E-state index in [-0.39, 0.29) is 5.78 Å². The summed E-state index contributed by atoms with van der Waals surface area (Å²) in [5, 5.41) is 0. The first-order valence-electron chi connectivity index (χ1n) is 7.84. The van der Waals surface area contributed by atoms with Crippen LogP contribution in [0.4, 0.5) is 0 Å². The van der Waals surface area contributed by atoms with Gasteiger partial charge in [0.25, 0.3) is 0 Å². The summed E-state index contributed by atoms with van der Waals surface area (Å²) in [5.74, 6) is 1.19. The molecule has 1 aliphatic heterocycles. The van der Waals surface area contributed by atoms with E-state index in [1.54, 1.807) is 0 Å². The van der Waals surface area contributed by atoms with Crippen molar-refractivity contribution in [2.75, 3.05) is 26.2 Å². The number of hydrogen-bond donors (Lipinski definition) is 0. The maximum Gasteiger partial charge on any atom is 0.163 e. The van der Waals surface area contributed by atoms with Crippen LogP contribution in [0.1, 0.15) is 48.0 Å². The molecule has 0 saturated carbocycles. The zero-order valence-electron chi connectivity index (χ0n) is 12.1. The Kier molecular flexibility index (Phi) is 4.36. The molecule has 1 heterocycles. The molecule has 0 radical (unpaired) electrons. The Morgan fingerprint density at radius 3 is 2.80 bits per heavy atom. The fourth-order valence-corrected chi connectivity index (χ4v) is 3.18. The van der Waals surface area contributed by atoms with Crippen molar-refractivity contribution in [3.63, 3.8) is 0 Å². The number of ether oxygens (including phenoxy) is 1. The lowest BCUT2D eigenvalue weighted by atomic mass is 10.1. The molecular formula is C17H23NO2. The number of hydrogen-bond acceptors (Lipinski definition) is 3. The summed E-state index contributed by atoms with van der Waals surface area (Å²) < 4.78 is 5.82. The summed E-state index contributed by atoms with van der Waals surface area (Å²) in [5.41, 5.74) is 2.05. The molecule has 1 fully saturated rings. The van der Waals surface area contributed by atoms with Crippen molar-refractivity contribution in [2.24, 2.45) is 0 Å². The number of likely N-dealkylation sites (tertiary alicyclic amines) is 1. The highest BCUT2D eigenvalue weighted by Gasteiger charge is 2.19. The van der Waals surface area contributed by atoms with Crippen molar-refractivity contribution in [3.8, 4) is 5.75 Å². The van der Waals surface area contributed by atoms with E-state index in [4.69, 9.17) is 4.74 Å². The van der Waals surface area contributed by atoms with Gasteiger partial charge >= 0.3 is 0 Å². The average molecular weight is 273 g/mol. The molecule has 1 aromatic carbocycles. The lowest BCUT2D eigenvalue weighted by Crippen LogP contribution is -2.31. The first-order valence-corrected chi connectivity index (χ1v) is 7.84. The van der Waals surface area contributed by atoms with Gasteiger partial charge in [0.05, 0.1) is 6.61 Å². The van der Waals surface area contributed by atoms with Gasteiger partial charge in [-0.05, 0) is 62.5 Å². The maximum atomic E-state index is 11.6. The van der Waals surface area contributed by atoms with Gasteiger partial charge in [0.15, 0.2) is 5.78 Å². The van der Waals surface area contributed by atoms with Crippen LogP contribution in [0.2, 0.25) is 0 Å². The second-order valence-electron chi connectivity index (χ2n) is 5.85. The standard InChI is InChI=1S/C17H23NO2/c19-17-8-5-14-13-15(6-7-16(14)17)20-12-4-11-18-9-2-1-3-10-18/h6-7,13H,1-5,8-12H2. The lowest BCUT2D eigenvalue weighted by molar-refractivity contribution is 0.0994. The largest absolute Gasteiger partial charge is 0.494 e. The molecule has 2 aliphatic rings. The second kappa shape index (κ2) is 6.40. The van der Waals surface area contributed by atoms with Crippen LogP contribution >= 0.6 is 0 Å². The predicted octanol–water partition coefficient (Wildman–Crippen LogP) is 3.07. The second-order valence-corrected chi connectivity index (χ2v) is 5.85. The van der Waals surface area contributed by atoms with Crippen LogP contribution in [0.25, 0.3) is 0 Å². The van der Waals surface area contributed by atoms with Crippen LogP contribution in [0.15, 0.2) is 18.2 Å². The molecule has 0 spiro atoms. The lowest BCUT2D eigenvalue weighted by Gasteiger charge is -2.26. The van der Waals surface area contributed by atoms with Gasteiger partial charge in [-0.1, -0.05) is 6.42 Å². The highest BCUT2D eigenvalue weighted by atomic mass is 16.5. The van der Waals surface area contributed by atoms with Gasteiger partial charge in [-0.2, -0.15) is 0 Å². The summed E-state index contributed by atoms with van der Waals surface area (Å²) in [4.78, 5) is 14.1. The Morgan fingerprint density at radius 2 is 1.95 bits per heavy atom. The third-order valence-electron chi connectivity index (χ3n) is 4.33. The average Bonchev–Trinajstić information content (AvgIpc) is 2.86. The van der Waals surface area contributed by atoms with Gasteiger partial charge < -0.3 is 9.64 Å². The Balaban J connectivity index is 1.43. The zero-order chi connectivity index (χ0) is 13.8. The molecule has 20 heavy (non-hydrogen) atoms. The van der Waals surface area contributed by atoms with E-state index in [0.29, 0.717) is 6.42 Å². The number of piperidine rings is 1. The molecule has 0 atom stereocenters. The van der Waals surface area contributed by atoms with E-state index in [1.807, 2.05) is 18.2 Å². The Hall–Kier alpha value is -1.35. The monoisotopic (exact) mass is 273 g/mol. The minimum atomic E-state index is 0.275. The molecule has 3 rings (SSSR count). The topological polar surface area (TPSA) is 29.5 Å². The number of aryl methyl sites for hydroxylation is 1. The number of carbonyl (C=O) groups is 1. The van der Waals surface area contributed by atoms with E-state index >= 15 is 0 Å². The van der Waals surface area contributed by atoms with Crippen molar-refractivity contribution in [3.05, 3.63) is 29.3 Å². The number of fused-ring (bicyclic) bond motifs is 1. The fraction of sp³-hybridized carbons (Fsp3) is 0.588. The minimum Gasteiger partial charge on any atom is -0.494 e. The molecule has 1 aliphatic carbocycles. The fourth-order valence-electron chi connectivity index (χ4n) is 3.18. The molecule has 0 bridgehead atoms. The molecule has 108 valence electrons. The molecular weight excluding hydrogens is 250 g/mol. The van der Waals surface area contributed by atoms with Gasteiger partial charge in [0.1, 0.15) is 5.75 Å². The van der Waals surface area contributed by atoms with Gasteiger partial charge in [0.2, 0.25) is 0 Å². The van der Waals surface area contributed by atoms with Crippen LogP contribution in [0.5, 0.6) is 5.75 Å². The molecule has 1 aromatic rings. The number of nitrogens with zero attached hydrogens (tertiary/aromatic N) is 1. The summed E-state index contributed by atoms with van der Waals surface area (Å²) in [6.45, 7) is 4.41. The van der Waals surface area contributed by atoms with E-state index in [9.17, 15) is 4.79 Å². The van der Waals surface area contributed by atoms with Gasteiger partial charge in [-0.15, -0.1) is 0 Å². The SMILES string of the molecule is O=C1CCc2cc(OCCCN3CCCCC3)ccc21. The predicted molar refractivity (Wildman–Crippen MR) is 79.5 cm³/mol. The maximum absolute atomic E-state index is 11.6. The van der Waals surface area contributed by atoms with Crippen molar-refractivity contribution in [1.29, 1.82) is 0 Å². The number of Topliss-reactive ketones (excluding diaryl/α,β-unsaturated/α-hetero) is 1. The number of rotatable bonds is 5. The molecule has 0 unspecified atom stereocenters. The third kappa shape index (κ3) is 3.21. The van der Waals surface area contributed by atoms with Gasteiger partial charge in [-0.25, -0.2) is 0 Å². The highest BCUT2D eigenvalue weighted by molar-refractivity contribution is 6.00. The first kappa shape index (κ1) is 13.6. The Bertz CT molecular complexity index is 478.